The van der Waals surface area contributed by atoms with Gasteiger partial charge in [-0.3, -0.25) is 14.3 Å². The number of piperazine rings is 1. The van der Waals surface area contributed by atoms with E-state index in [4.69, 9.17) is 22.1 Å². The predicted molar refractivity (Wildman–Crippen MR) is 143 cm³/mol. The molecule has 0 radical (unpaired) electrons. The van der Waals surface area contributed by atoms with Crippen molar-refractivity contribution in [1.82, 2.24) is 29.7 Å². The SMILES string of the molecule is CCNC(=O)[C@H]1O[C@@H](n2cnc3c(N)nc(NCCN4CCN(c5ccc(F)c(Cl)c5)CC4)nc32)[C@H](O)[C@@H]1O. The Bertz CT molecular complexity index is 1340. The van der Waals surface area contributed by atoms with Crippen molar-refractivity contribution in [3.8, 4) is 0 Å². The van der Waals surface area contributed by atoms with Gasteiger partial charge >= 0.3 is 0 Å². The van der Waals surface area contributed by atoms with Crippen LogP contribution < -0.4 is 21.3 Å². The highest BCUT2D eigenvalue weighted by Gasteiger charge is 2.47. The van der Waals surface area contributed by atoms with Crippen LogP contribution in [0.2, 0.25) is 5.02 Å². The van der Waals surface area contributed by atoms with Gasteiger partial charge in [-0.1, -0.05) is 11.6 Å². The van der Waals surface area contributed by atoms with Crippen LogP contribution in [0.25, 0.3) is 11.2 Å². The zero-order valence-corrected chi connectivity index (χ0v) is 22.1. The first-order valence-corrected chi connectivity index (χ1v) is 13.1. The number of carbonyl (C=O) groups excluding carboxylic acids is 1. The molecular weight excluding hydrogens is 533 g/mol. The molecule has 0 bridgehead atoms. The number of fused-ring (bicyclic) bond motifs is 1. The Morgan fingerprint density at radius 2 is 2.00 bits per heavy atom. The van der Waals surface area contributed by atoms with Gasteiger partial charge in [-0.2, -0.15) is 9.97 Å². The second kappa shape index (κ2) is 11.4. The number of rotatable bonds is 8. The number of hydrogen-bond donors (Lipinski definition) is 5. The van der Waals surface area contributed by atoms with E-state index in [1.807, 2.05) is 0 Å². The molecule has 2 fully saturated rings. The molecule has 4 atom stereocenters. The van der Waals surface area contributed by atoms with Crippen LogP contribution in [0.1, 0.15) is 13.2 Å². The van der Waals surface area contributed by atoms with Crippen molar-refractivity contribution in [3.63, 3.8) is 0 Å². The van der Waals surface area contributed by atoms with Crippen molar-refractivity contribution in [1.29, 1.82) is 0 Å². The Morgan fingerprint density at radius 3 is 2.72 bits per heavy atom. The number of aliphatic hydroxyl groups excluding tert-OH is 2. The molecule has 2 aliphatic heterocycles. The standard InChI is InChI=1S/C24H31ClFN9O4/c1-2-28-22(38)19-17(36)18(37)23(39-19)35-12-30-16-20(27)31-24(32-21(16)35)29-5-6-33-7-9-34(10-8-33)13-3-4-15(26)14(25)11-13/h3-4,11-12,17-19,23,36-37H,2,5-10H2,1H3,(H,28,38)(H3,27,29,31,32)/t17-,18+,19-,23+/m0/s1. The average Bonchev–Trinajstić information content (AvgIpc) is 3.47. The van der Waals surface area contributed by atoms with Crippen molar-refractivity contribution in [3.05, 3.63) is 35.4 Å². The first-order chi connectivity index (χ1) is 18.8. The summed E-state index contributed by atoms with van der Waals surface area (Å²) in [6.45, 7) is 6.57. The number of nitrogens with zero attached hydrogens (tertiary/aromatic N) is 6. The van der Waals surface area contributed by atoms with Crippen molar-refractivity contribution in [2.45, 2.75) is 31.5 Å². The Morgan fingerprint density at radius 1 is 1.23 bits per heavy atom. The number of ether oxygens (including phenoxy) is 1. The molecule has 5 rings (SSSR count). The lowest BCUT2D eigenvalue weighted by Gasteiger charge is -2.36. The van der Waals surface area contributed by atoms with Crippen molar-refractivity contribution >= 4 is 46.1 Å². The molecular formula is C24H31ClFN9O4. The highest BCUT2D eigenvalue weighted by Crippen LogP contribution is 2.32. The average molecular weight is 564 g/mol. The molecule has 0 saturated carbocycles. The number of anilines is 3. The topological polar surface area (TPSA) is 167 Å². The van der Waals surface area contributed by atoms with E-state index >= 15 is 0 Å². The third-order valence-corrected chi connectivity index (χ3v) is 7.21. The van der Waals surface area contributed by atoms with Crippen molar-refractivity contribution in [2.75, 3.05) is 61.8 Å². The lowest BCUT2D eigenvalue weighted by molar-refractivity contribution is -0.137. The van der Waals surface area contributed by atoms with E-state index in [2.05, 4.69) is 35.4 Å². The summed E-state index contributed by atoms with van der Waals surface area (Å²) >= 11 is 5.93. The molecule has 2 aromatic heterocycles. The maximum atomic E-state index is 13.5. The fourth-order valence-electron chi connectivity index (χ4n) is 4.82. The normalized spacial score (nSPS) is 23.9. The van der Waals surface area contributed by atoms with Crippen LogP contribution in [-0.4, -0.2) is 105 Å². The number of likely N-dealkylation sites (N-methyl/N-ethyl adjacent to an activating group) is 1. The minimum absolute atomic E-state index is 0.115. The van der Waals surface area contributed by atoms with Crippen molar-refractivity contribution in [2.24, 2.45) is 0 Å². The third kappa shape index (κ3) is 5.56. The fraction of sp³-hybridized carbons (Fsp3) is 0.500. The lowest BCUT2D eigenvalue weighted by Crippen LogP contribution is -2.47. The molecule has 4 heterocycles. The largest absolute Gasteiger partial charge is 0.387 e. The number of benzene rings is 1. The highest BCUT2D eigenvalue weighted by atomic mass is 35.5. The van der Waals surface area contributed by atoms with E-state index in [-0.39, 0.29) is 16.8 Å². The summed E-state index contributed by atoms with van der Waals surface area (Å²) in [5.41, 5.74) is 7.62. The van der Waals surface area contributed by atoms with Crippen LogP contribution in [0.4, 0.5) is 21.8 Å². The first kappa shape index (κ1) is 27.3. The smallest absolute Gasteiger partial charge is 0.252 e. The van der Waals surface area contributed by atoms with Gasteiger partial charge < -0.3 is 36.2 Å². The minimum atomic E-state index is -1.42. The summed E-state index contributed by atoms with van der Waals surface area (Å²) in [7, 11) is 0. The van der Waals surface area contributed by atoms with Crippen molar-refractivity contribution < 1.29 is 24.1 Å². The number of nitrogens with two attached hydrogens (primary N) is 1. The quantitative estimate of drug-likeness (QED) is 0.254. The molecule has 2 saturated heterocycles. The Labute approximate surface area is 228 Å². The Balaban J connectivity index is 1.20. The monoisotopic (exact) mass is 563 g/mol. The number of nitrogens with one attached hydrogen (secondary N) is 2. The zero-order valence-electron chi connectivity index (χ0n) is 21.3. The fourth-order valence-corrected chi connectivity index (χ4v) is 5.00. The maximum Gasteiger partial charge on any atom is 0.252 e. The molecule has 210 valence electrons. The van der Waals surface area contributed by atoms with E-state index in [9.17, 15) is 19.4 Å². The third-order valence-electron chi connectivity index (χ3n) is 6.92. The van der Waals surface area contributed by atoms with Crippen LogP contribution in [0, 0.1) is 5.82 Å². The predicted octanol–water partition coefficient (Wildman–Crippen LogP) is 0.190. The summed E-state index contributed by atoms with van der Waals surface area (Å²) in [5.74, 6) is -0.534. The molecule has 1 aromatic carbocycles. The van der Waals surface area contributed by atoms with E-state index < -0.39 is 36.3 Å². The molecule has 0 spiro atoms. The molecule has 2 aliphatic rings. The molecule has 1 amide bonds. The summed E-state index contributed by atoms with van der Waals surface area (Å²) < 4.78 is 20.6. The number of nitrogen functional groups attached to an aromatic ring is 1. The van der Waals surface area contributed by atoms with E-state index in [0.717, 1.165) is 38.4 Å². The summed E-state index contributed by atoms with van der Waals surface area (Å²) in [5, 5.41) is 26.8. The number of aliphatic hydroxyl groups is 2. The number of carbonyl (C=O) groups is 1. The van der Waals surface area contributed by atoms with Gasteiger partial charge in [-0.05, 0) is 25.1 Å². The minimum Gasteiger partial charge on any atom is -0.387 e. The maximum absolute atomic E-state index is 13.5. The molecule has 0 unspecified atom stereocenters. The van der Waals surface area contributed by atoms with Crippen LogP contribution in [0.15, 0.2) is 24.5 Å². The van der Waals surface area contributed by atoms with Gasteiger partial charge in [0.15, 0.2) is 23.8 Å². The van der Waals surface area contributed by atoms with Gasteiger partial charge in [0.25, 0.3) is 5.91 Å². The summed E-state index contributed by atoms with van der Waals surface area (Å²) in [6.07, 6.45) is -3.75. The number of aromatic nitrogens is 4. The number of amides is 1. The van der Waals surface area contributed by atoms with Gasteiger partial charge in [-0.25, -0.2) is 9.37 Å². The van der Waals surface area contributed by atoms with Gasteiger partial charge in [0, 0.05) is 51.5 Å². The highest BCUT2D eigenvalue weighted by molar-refractivity contribution is 6.31. The molecule has 6 N–H and O–H groups in total. The second-order valence-corrected chi connectivity index (χ2v) is 9.84. The van der Waals surface area contributed by atoms with Gasteiger partial charge in [0.05, 0.1) is 11.3 Å². The van der Waals surface area contributed by atoms with Crippen LogP contribution in [0.3, 0.4) is 0 Å². The number of hydrogen-bond acceptors (Lipinski definition) is 11. The molecule has 13 nitrogen and oxygen atoms in total. The summed E-state index contributed by atoms with van der Waals surface area (Å²) in [6, 6.07) is 4.76. The number of imidazole rings is 1. The second-order valence-electron chi connectivity index (χ2n) is 9.43. The Hall–Kier alpha value is -3.30. The molecule has 15 heteroatoms. The first-order valence-electron chi connectivity index (χ1n) is 12.7. The van der Waals surface area contributed by atoms with Gasteiger partial charge in [0.1, 0.15) is 23.5 Å². The van der Waals surface area contributed by atoms with Gasteiger partial charge in [-0.15, -0.1) is 0 Å². The van der Waals surface area contributed by atoms with Gasteiger partial charge in [0.2, 0.25) is 5.95 Å². The Kier molecular flexibility index (Phi) is 8.00. The van der Waals surface area contributed by atoms with Crippen LogP contribution >= 0.6 is 11.6 Å². The molecule has 3 aromatic rings. The number of halogens is 2. The lowest BCUT2D eigenvalue weighted by atomic mass is 10.1. The van der Waals surface area contributed by atoms with E-state index in [1.165, 1.54) is 17.0 Å². The zero-order chi connectivity index (χ0) is 27.7. The van der Waals surface area contributed by atoms with Crippen LogP contribution in [-0.2, 0) is 9.53 Å². The molecule has 0 aliphatic carbocycles. The van der Waals surface area contributed by atoms with E-state index in [0.29, 0.717) is 24.3 Å². The van der Waals surface area contributed by atoms with Crippen LogP contribution in [0.5, 0.6) is 0 Å². The van der Waals surface area contributed by atoms with E-state index in [1.54, 1.807) is 19.1 Å². The summed E-state index contributed by atoms with van der Waals surface area (Å²) in [4.78, 5) is 29.7. The molecule has 39 heavy (non-hydrogen) atoms.